The Labute approximate surface area is 124 Å². The van der Waals surface area contributed by atoms with Crippen LogP contribution in [0.15, 0.2) is 0 Å². The summed E-state index contributed by atoms with van der Waals surface area (Å²) < 4.78 is 0. The molecule has 2 aliphatic rings. The number of carbonyl (C=O) groups excluding carboxylic acids is 2. The molecule has 0 aromatic carbocycles. The third-order valence-electron chi connectivity index (χ3n) is 4.45. The van der Waals surface area contributed by atoms with Crippen LogP contribution in [0.2, 0.25) is 0 Å². The lowest BCUT2D eigenvalue weighted by Crippen LogP contribution is -2.61. The molecule has 0 spiro atoms. The molecule has 2 rings (SSSR count). The van der Waals surface area contributed by atoms with Crippen LogP contribution >= 0.6 is 0 Å². The van der Waals surface area contributed by atoms with Gasteiger partial charge in [-0.25, -0.2) is 4.79 Å². The molecule has 0 saturated carbocycles. The first-order valence-corrected chi connectivity index (χ1v) is 7.45. The van der Waals surface area contributed by atoms with Crippen molar-refractivity contribution < 1.29 is 19.5 Å². The highest BCUT2D eigenvalue weighted by atomic mass is 16.4. The molecule has 2 fully saturated rings. The number of nitrogens with zero attached hydrogens (tertiary/aromatic N) is 2. The average Bonchev–Trinajstić information content (AvgIpc) is 2.46. The number of nitrogens with one attached hydrogen (secondary N) is 1. The summed E-state index contributed by atoms with van der Waals surface area (Å²) in [4.78, 5) is 39.0. The van der Waals surface area contributed by atoms with Crippen molar-refractivity contribution in [3.05, 3.63) is 0 Å². The molecule has 0 radical (unpaired) electrons. The maximum absolute atomic E-state index is 12.7. The lowest BCUT2D eigenvalue weighted by atomic mass is 9.82. The Kier molecular flexibility index (Phi) is 4.39. The average molecular weight is 297 g/mol. The second-order valence-electron chi connectivity index (χ2n) is 6.08. The van der Waals surface area contributed by atoms with Crippen molar-refractivity contribution in [1.29, 1.82) is 0 Å². The first-order valence-electron chi connectivity index (χ1n) is 7.45. The fourth-order valence-electron chi connectivity index (χ4n) is 3.11. The lowest BCUT2D eigenvalue weighted by molar-refractivity contribution is -0.150. The molecule has 0 aromatic rings. The fourth-order valence-corrected chi connectivity index (χ4v) is 3.11. The summed E-state index contributed by atoms with van der Waals surface area (Å²) in [6.45, 7) is 5.23. The Balaban J connectivity index is 2.11. The third kappa shape index (κ3) is 2.96. The summed E-state index contributed by atoms with van der Waals surface area (Å²) in [7, 11) is 0. The zero-order valence-corrected chi connectivity index (χ0v) is 12.6. The van der Waals surface area contributed by atoms with Crippen molar-refractivity contribution >= 4 is 17.9 Å². The van der Waals surface area contributed by atoms with Gasteiger partial charge in [-0.1, -0.05) is 6.92 Å². The number of rotatable bonds is 2. The lowest BCUT2D eigenvalue weighted by Gasteiger charge is -2.42. The summed E-state index contributed by atoms with van der Waals surface area (Å²) in [6.07, 6.45) is 1.80. The number of piperazine rings is 1. The van der Waals surface area contributed by atoms with E-state index < -0.39 is 17.4 Å². The molecule has 2 unspecified atom stereocenters. The van der Waals surface area contributed by atoms with Gasteiger partial charge in [0.05, 0.1) is 5.41 Å². The second-order valence-corrected chi connectivity index (χ2v) is 6.08. The van der Waals surface area contributed by atoms with E-state index in [0.717, 1.165) is 0 Å². The van der Waals surface area contributed by atoms with Gasteiger partial charge in [0.1, 0.15) is 6.04 Å². The zero-order chi connectivity index (χ0) is 15.6. The summed E-state index contributed by atoms with van der Waals surface area (Å²) in [5, 5.41) is 12.1. The van der Waals surface area contributed by atoms with E-state index in [1.807, 2.05) is 6.92 Å². The minimum Gasteiger partial charge on any atom is -0.481 e. The normalized spacial score (nSPS) is 30.0. The highest BCUT2D eigenvalue weighted by Crippen LogP contribution is 2.30. The topological polar surface area (TPSA) is 90.0 Å². The molecule has 0 aliphatic carbocycles. The first-order chi connectivity index (χ1) is 9.89. The number of likely N-dealkylation sites (tertiary alicyclic amines) is 1. The molecule has 3 amide bonds. The van der Waals surface area contributed by atoms with E-state index >= 15 is 0 Å². The van der Waals surface area contributed by atoms with Gasteiger partial charge in [-0.3, -0.25) is 9.59 Å². The minimum absolute atomic E-state index is 0.130. The molecule has 2 N–H and O–H groups in total. The number of aliphatic carboxylic acids is 1. The van der Waals surface area contributed by atoms with Crippen LogP contribution in [0.25, 0.3) is 0 Å². The number of hydrogen-bond donors (Lipinski definition) is 2. The highest BCUT2D eigenvalue weighted by Gasteiger charge is 2.42. The van der Waals surface area contributed by atoms with Gasteiger partial charge in [-0.2, -0.15) is 0 Å². The van der Waals surface area contributed by atoms with Crippen LogP contribution in [0, 0.1) is 5.41 Å². The van der Waals surface area contributed by atoms with Gasteiger partial charge in [0.15, 0.2) is 0 Å². The van der Waals surface area contributed by atoms with E-state index in [0.29, 0.717) is 38.9 Å². The van der Waals surface area contributed by atoms with Crippen molar-refractivity contribution in [3.63, 3.8) is 0 Å². The van der Waals surface area contributed by atoms with E-state index in [2.05, 4.69) is 5.32 Å². The largest absolute Gasteiger partial charge is 0.481 e. The molecule has 2 heterocycles. The number of urea groups is 1. The monoisotopic (exact) mass is 297 g/mol. The van der Waals surface area contributed by atoms with Crippen molar-refractivity contribution in [2.75, 3.05) is 26.2 Å². The predicted octanol–water partition coefficient (Wildman–Crippen LogP) is 0.504. The van der Waals surface area contributed by atoms with Crippen LogP contribution in [-0.4, -0.2) is 65.0 Å². The van der Waals surface area contributed by atoms with Crippen LogP contribution in [-0.2, 0) is 9.59 Å². The molecule has 2 aliphatic heterocycles. The Morgan fingerprint density at radius 1 is 1.43 bits per heavy atom. The molecule has 2 atom stereocenters. The molecule has 118 valence electrons. The van der Waals surface area contributed by atoms with Crippen LogP contribution in [0.4, 0.5) is 4.79 Å². The van der Waals surface area contributed by atoms with E-state index in [1.165, 1.54) is 0 Å². The number of amides is 3. The van der Waals surface area contributed by atoms with Gasteiger partial charge >= 0.3 is 12.0 Å². The summed E-state index contributed by atoms with van der Waals surface area (Å²) >= 11 is 0. The first kappa shape index (κ1) is 15.6. The van der Waals surface area contributed by atoms with Gasteiger partial charge in [0.25, 0.3) is 0 Å². The van der Waals surface area contributed by atoms with Gasteiger partial charge in [0.2, 0.25) is 5.91 Å². The second kappa shape index (κ2) is 5.91. The maximum Gasteiger partial charge on any atom is 0.320 e. The molecular weight excluding hydrogens is 274 g/mol. The number of carboxylic acids is 1. The minimum atomic E-state index is -0.895. The van der Waals surface area contributed by atoms with E-state index in [-0.39, 0.29) is 18.5 Å². The van der Waals surface area contributed by atoms with Crippen molar-refractivity contribution in [2.45, 2.75) is 39.2 Å². The van der Waals surface area contributed by atoms with E-state index in [9.17, 15) is 19.5 Å². The Bertz CT molecular complexity index is 454. The molecule has 2 saturated heterocycles. The molecule has 0 bridgehead atoms. The van der Waals surface area contributed by atoms with Gasteiger partial charge in [-0.15, -0.1) is 0 Å². The number of carboxylic acid groups (broad SMARTS) is 1. The molecule has 7 nitrogen and oxygen atoms in total. The quantitative estimate of drug-likeness (QED) is 0.777. The van der Waals surface area contributed by atoms with Crippen LogP contribution < -0.4 is 5.32 Å². The van der Waals surface area contributed by atoms with Gasteiger partial charge in [-0.05, 0) is 26.2 Å². The van der Waals surface area contributed by atoms with Crippen LogP contribution in [0.1, 0.15) is 33.1 Å². The summed E-state index contributed by atoms with van der Waals surface area (Å²) in [6, 6.07) is -0.673. The van der Waals surface area contributed by atoms with Crippen molar-refractivity contribution in [3.8, 4) is 0 Å². The Morgan fingerprint density at radius 3 is 2.76 bits per heavy atom. The Morgan fingerprint density at radius 2 is 2.14 bits per heavy atom. The Hall–Kier alpha value is -1.79. The number of piperidine rings is 1. The number of carbonyl (C=O) groups is 3. The van der Waals surface area contributed by atoms with Crippen LogP contribution in [0.3, 0.4) is 0 Å². The molecule has 21 heavy (non-hydrogen) atoms. The van der Waals surface area contributed by atoms with Crippen LogP contribution in [0.5, 0.6) is 0 Å². The van der Waals surface area contributed by atoms with Crippen molar-refractivity contribution in [1.82, 2.24) is 15.1 Å². The summed E-state index contributed by atoms with van der Waals surface area (Å²) in [5.41, 5.74) is -0.895. The van der Waals surface area contributed by atoms with Gasteiger partial charge < -0.3 is 20.2 Å². The highest BCUT2D eigenvalue weighted by molar-refractivity contribution is 5.88. The molecule has 0 aromatic heterocycles. The maximum atomic E-state index is 12.7. The third-order valence-corrected chi connectivity index (χ3v) is 4.45. The standard InChI is InChI=1S/C14H23N3O4/c1-3-10-11(18)15-6-8-17(10)13(21)16-7-4-5-14(2,9-16)12(19)20/h10H,3-9H2,1-2H3,(H,15,18)(H,19,20). The smallest absolute Gasteiger partial charge is 0.320 e. The predicted molar refractivity (Wildman–Crippen MR) is 75.7 cm³/mol. The van der Waals surface area contributed by atoms with E-state index in [4.69, 9.17) is 0 Å². The molecule has 7 heteroatoms. The fraction of sp³-hybridized carbons (Fsp3) is 0.786. The number of hydrogen-bond acceptors (Lipinski definition) is 3. The van der Waals surface area contributed by atoms with Crippen molar-refractivity contribution in [2.24, 2.45) is 5.41 Å². The SMILES string of the molecule is CCC1C(=O)NCCN1C(=O)N1CCCC(C)(C(=O)O)C1. The zero-order valence-electron chi connectivity index (χ0n) is 12.6. The van der Waals surface area contributed by atoms with E-state index in [1.54, 1.807) is 16.7 Å². The summed E-state index contributed by atoms with van der Waals surface area (Å²) in [5.74, 6) is -1.00. The van der Waals surface area contributed by atoms with Gasteiger partial charge in [0, 0.05) is 26.2 Å². The molecular formula is C14H23N3O4.